The molecule has 1 aromatic rings. The fraction of sp³-hybridized carbons (Fsp3) is 0.600. The maximum absolute atomic E-state index is 9.22. The van der Waals surface area contributed by atoms with Crippen molar-refractivity contribution in [2.24, 2.45) is 5.92 Å². The van der Waals surface area contributed by atoms with Gasteiger partial charge in [-0.15, -0.1) is 0 Å². The van der Waals surface area contributed by atoms with E-state index in [0.29, 0.717) is 0 Å². The van der Waals surface area contributed by atoms with Gasteiger partial charge >= 0.3 is 0 Å². The quantitative estimate of drug-likeness (QED) is 0.805. The summed E-state index contributed by atoms with van der Waals surface area (Å²) in [4.78, 5) is 2.46. The Morgan fingerprint density at radius 1 is 1.39 bits per heavy atom. The van der Waals surface area contributed by atoms with E-state index in [1.165, 1.54) is 24.9 Å². The minimum atomic E-state index is 0.0890. The zero-order valence-electron chi connectivity index (χ0n) is 11.4. The Bertz CT molecular complexity index is 388. The third-order valence-corrected chi connectivity index (χ3v) is 3.58. The monoisotopic (exact) mass is 249 g/mol. The molecule has 1 aromatic carbocycles. The topological polar surface area (TPSA) is 32.7 Å². The van der Waals surface area contributed by atoms with Crippen LogP contribution in [0.4, 0.5) is 0 Å². The summed E-state index contributed by atoms with van der Waals surface area (Å²) in [7, 11) is 1.70. The molecule has 18 heavy (non-hydrogen) atoms. The normalized spacial score (nSPS) is 15.1. The summed E-state index contributed by atoms with van der Waals surface area (Å²) in [5.41, 5.74) is 2.12. The van der Waals surface area contributed by atoms with Gasteiger partial charge in [-0.1, -0.05) is 13.0 Å². The van der Waals surface area contributed by atoms with Crippen molar-refractivity contribution in [1.82, 2.24) is 4.90 Å². The van der Waals surface area contributed by atoms with Gasteiger partial charge in [0.15, 0.2) is 0 Å². The van der Waals surface area contributed by atoms with Crippen molar-refractivity contribution < 1.29 is 9.84 Å². The van der Waals surface area contributed by atoms with E-state index in [0.717, 1.165) is 30.3 Å². The number of ether oxygens (including phenoxy) is 1. The van der Waals surface area contributed by atoms with Gasteiger partial charge in [-0.05, 0) is 43.0 Å². The van der Waals surface area contributed by atoms with Crippen LogP contribution in [0.1, 0.15) is 30.9 Å². The molecular formula is C15H23NO2. The molecule has 3 nitrogen and oxygen atoms in total. The average molecular weight is 249 g/mol. The Balaban J connectivity index is 2.08. The highest BCUT2D eigenvalue weighted by molar-refractivity contribution is 5.37. The molecular weight excluding hydrogens is 226 g/mol. The number of aliphatic hydroxyl groups is 1. The second-order valence-electron chi connectivity index (χ2n) is 5.08. The molecule has 3 heteroatoms. The molecule has 1 aliphatic rings. The summed E-state index contributed by atoms with van der Waals surface area (Å²) in [5, 5.41) is 9.22. The van der Waals surface area contributed by atoms with Crippen molar-refractivity contribution in [3.8, 4) is 5.75 Å². The SMILES string of the molecule is CCN(Cc1cc(CO)ccc1OC)CC1CC1. The van der Waals surface area contributed by atoms with Crippen LogP contribution in [0, 0.1) is 5.92 Å². The maximum Gasteiger partial charge on any atom is 0.123 e. The molecule has 100 valence electrons. The molecule has 0 heterocycles. The first-order valence-corrected chi connectivity index (χ1v) is 6.75. The van der Waals surface area contributed by atoms with Crippen LogP contribution in [0.3, 0.4) is 0 Å². The van der Waals surface area contributed by atoms with E-state index in [9.17, 15) is 5.11 Å². The van der Waals surface area contributed by atoms with Gasteiger partial charge in [0.1, 0.15) is 5.75 Å². The average Bonchev–Trinajstić information content (AvgIpc) is 3.21. The van der Waals surface area contributed by atoms with Gasteiger partial charge in [0.25, 0.3) is 0 Å². The molecule has 0 saturated heterocycles. The van der Waals surface area contributed by atoms with E-state index < -0.39 is 0 Å². The molecule has 0 bridgehead atoms. The summed E-state index contributed by atoms with van der Waals surface area (Å²) >= 11 is 0. The van der Waals surface area contributed by atoms with Crippen LogP contribution in [0.5, 0.6) is 5.75 Å². The molecule has 1 fully saturated rings. The summed E-state index contributed by atoms with van der Waals surface area (Å²) < 4.78 is 5.40. The molecule has 0 radical (unpaired) electrons. The molecule has 1 N–H and O–H groups in total. The van der Waals surface area contributed by atoms with E-state index in [1.807, 2.05) is 18.2 Å². The second-order valence-corrected chi connectivity index (χ2v) is 5.08. The van der Waals surface area contributed by atoms with Gasteiger partial charge in [0, 0.05) is 18.7 Å². The van der Waals surface area contributed by atoms with Crippen LogP contribution in [0.2, 0.25) is 0 Å². The lowest BCUT2D eigenvalue weighted by molar-refractivity contribution is 0.262. The Kier molecular flexibility index (Phi) is 4.61. The number of hydrogen-bond donors (Lipinski definition) is 1. The van der Waals surface area contributed by atoms with E-state index >= 15 is 0 Å². The number of benzene rings is 1. The number of hydrogen-bond acceptors (Lipinski definition) is 3. The van der Waals surface area contributed by atoms with E-state index in [1.54, 1.807) is 7.11 Å². The van der Waals surface area contributed by atoms with Crippen LogP contribution >= 0.6 is 0 Å². The highest BCUT2D eigenvalue weighted by Gasteiger charge is 2.24. The lowest BCUT2D eigenvalue weighted by Gasteiger charge is -2.21. The number of methoxy groups -OCH3 is 1. The van der Waals surface area contributed by atoms with Gasteiger partial charge in [0.2, 0.25) is 0 Å². The lowest BCUT2D eigenvalue weighted by atomic mass is 10.1. The largest absolute Gasteiger partial charge is 0.496 e. The smallest absolute Gasteiger partial charge is 0.123 e. The molecule has 2 rings (SSSR count). The standard InChI is InChI=1S/C15H23NO2/c1-3-16(9-12-4-5-12)10-14-8-13(11-17)6-7-15(14)18-2/h6-8,12,17H,3-5,9-11H2,1-2H3. The highest BCUT2D eigenvalue weighted by atomic mass is 16.5. The van der Waals surface area contributed by atoms with Crippen LogP contribution < -0.4 is 4.74 Å². The zero-order chi connectivity index (χ0) is 13.0. The molecule has 0 amide bonds. The van der Waals surface area contributed by atoms with Crippen LogP contribution in [0.15, 0.2) is 18.2 Å². The van der Waals surface area contributed by atoms with Crippen LogP contribution in [-0.2, 0) is 13.2 Å². The van der Waals surface area contributed by atoms with Crippen molar-refractivity contribution in [2.75, 3.05) is 20.2 Å². The summed E-state index contributed by atoms with van der Waals surface area (Å²) in [6.07, 6.45) is 2.76. The minimum absolute atomic E-state index is 0.0890. The van der Waals surface area contributed by atoms with Gasteiger partial charge < -0.3 is 9.84 Å². The lowest BCUT2D eigenvalue weighted by Crippen LogP contribution is -2.25. The molecule has 0 aromatic heterocycles. The van der Waals surface area contributed by atoms with Crippen molar-refractivity contribution in [3.63, 3.8) is 0 Å². The Morgan fingerprint density at radius 2 is 2.17 bits per heavy atom. The van der Waals surface area contributed by atoms with E-state index in [-0.39, 0.29) is 6.61 Å². The number of aliphatic hydroxyl groups excluding tert-OH is 1. The van der Waals surface area contributed by atoms with Crippen molar-refractivity contribution in [1.29, 1.82) is 0 Å². The first kappa shape index (κ1) is 13.4. The molecule has 0 spiro atoms. The predicted octanol–water partition coefficient (Wildman–Crippen LogP) is 2.42. The summed E-state index contributed by atoms with van der Waals surface area (Å²) in [5.74, 6) is 1.82. The second kappa shape index (κ2) is 6.21. The first-order valence-electron chi connectivity index (χ1n) is 6.75. The number of rotatable bonds is 7. The molecule has 1 aliphatic carbocycles. The van der Waals surface area contributed by atoms with Gasteiger partial charge in [-0.2, -0.15) is 0 Å². The molecule has 0 atom stereocenters. The number of nitrogens with zero attached hydrogens (tertiary/aromatic N) is 1. The van der Waals surface area contributed by atoms with Crippen molar-refractivity contribution in [2.45, 2.75) is 32.9 Å². The Morgan fingerprint density at radius 3 is 2.72 bits per heavy atom. The predicted molar refractivity (Wildman–Crippen MR) is 72.6 cm³/mol. The summed E-state index contributed by atoms with van der Waals surface area (Å²) in [6, 6.07) is 5.92. The molecule has 0 unspecified atom stereocenters. The Labute approximate surface area is 109 Å². The third kappa shape index (κ3) is 3.47. The fourth-order valence-electron chi connectivity index (χ4n) is 2.27. The third-order valence-electron chi connectivity index (χ3n) is 3.58. The molecule has 1 saturated carbocycles. The van der Waals surface area contributed by atoms with Crippen LogP contribution in [-0.4, -0.2) is 30.2 Å². The summed E-state index contributed by atoms with van der Waals surface area (Å²) in [6.45, 7) is 5.44. The van der Waals surface area contributed by atoms with Crippen molar-refractivity contribution in [3.05, 3.63) is 29.3 Å². The van der Waals surface area contributed by atoms with E-state index in [4.69, 9.17) is 4.74 Å². The van der Waals surface area contributed by atoms with Gasteiger partial charge in [-0.25, -0.2) is 0 Å². The van der Waals surface area contributed by atoms with Gasteiger partial charge in [0.05, 0.1) is 13.7 Å². The minimum Gasteiger partial charge on any atom is -0.496 e. The molecule has 0 aliphatic heterocycles. The fourth-order valence-corrected chi connectivity index (χ4v) is 2.27. The van der Waals surface area contributed by atoms with Crippen molar-refractivity contribution >= 4 is 0 Å². The maximum atomic E-state index is 9.22. The highest BCUT2D eigenvalue weighted by Crippen LogP contribution is 2.31. The van der Waals surface area contributed by atoms with Crippen LogP contribution in [0.25, 0.3) is 0 Å². The first-order chi connectivity index (χ1) is 8.76. The van der Waals surface area contributed by atoms with Gasteiger partial charge in [-0.3, -0.25) is 4.90 Å². The Hall–Kier alpha value is -1.06. The zero-order valence-corrected chi connectivity index (χ0v) is 11.4. The van der Waals surface area contributed by atoms with E-state index in [2.05, 4.69) is 11.8 Å².